The molecule has 2 aromatic rings. The summed E-state index contributed by atoms with van der Waals surface area (Å²) < 4.78 is 2.14. The van der Waals surface area contributed by atoms with Crippen LogP contribution in [0.25, 0.3) is 0 Å². The van der Waals surface area contributed by atoms with Gasteiger partial charge in [-0.1, -0.05) is 12.1 Å². The van der Waals surface area contributed by atoms with Gasteiger partial charge in [0.2, 0.25) is 0 Å². The molecule has 0 saturated carbocycles. The molecule has 2 rings (SSSR count). The van der Waals surface area contributed by atoms with Crippen molar-refractivity contribution in [2.24, 2.45) is 0 Å². The van der Waals surface area contributed by atoms with E-state index in [1.807, 2.05) is 37.5 Å². The Balaban J connectivity index is 1.89. The minimum atomic E-state index is 0.719. The van der Waals surface area contributed by atoms with Crippen LogP contribution in [0.15, 0.2) is 36.7 Å². The van der Waals surface area contributed by atoms with Crippen molar-refractivity contribution in [3.8, 4) is 6.07 Å². The number of hydrogen-bond acceptors (Lipinski definition) is 3. The lowest BCUT2D eigenvalue weighted by molar-refractivity contribution is 0.310. The van der Waals surface area contributed by atoms with Gasteiger partial charge in [0, 0.05) is 32.0 Å². The molecule has 98 valence electrons. The zero-order valence-electron chi connectivity index (χ0n) is 11.4. The van der Waals surface area contributed by atoms with Gasteiger partial charge in [0.05, 0.1) is 11.6 Å². The van der Waals surface area contributed by atoms with Crippen LogP contribution in [0.3, 0.4) is 0 Å². The number of aryl methyl sites for hydroxylation is 1. The molecule has 0 unspecified atom stereocenters. The zero-order valence-corrected chi connectivity index (χ0v) is 11.4. The molecular weight excluding hydrogens is 236 g/mol. The van der Waals surface area contributed by atoms with E-state index in [0.717, 1.165) is 31.0 Å². The summed E-state index contributed by atoms with van der Waals surface area (Å²) >= 11 is 0. The van der Waals surface area contributed by atoms with Crippen molar-refractivity contribution in [1.82, 2.24) is 14.5 Å². The maximum Gasteiger partial charge on any atom is 0.105 e. The molecule has 0 aliphatic rings. The molecule has 0 aliphatic carbocycles. The Morgan fingerprint density at radius 3 is 2.95 bits per heavy atom. The second kappa shape index (κ2) is 6.17. The fourth-order valence-corrected chi connectivity index (χ4v) is 2.05. The molecule has 0 saturated heterocycles. The van der Waals surface area contributed by atoms with E-state index in [9.17, 15) is 0 Å². The third kappa shape index (κ3) is 3.67. The van der Waals surface area contributed by atoms with E-state index in [4.69, 9.17) is 5.26 Å². The van der Waals surface area contributed by atoms with Crippen LogP contribution in [0.2, 0.25) is 0 Å². The van der Waals surface area contributed by atoms with Crippen LogP contribution in [0.5, 0.6) is 0 Å². The molecule has 0 amide bonds. The molecule has 1 aromatic carbocycles. The summed E-state index contributed by atoms with van der Waals surface area (Å²) in [6.07, 6.45) is 3.82. The summed E-state index contributed by atoms with van der Waals surface area (Å²) in [6.45, 7) is 4.74. The SMILES string of the molecule is Cc1nccn1CCN(C)Cc1cccc(C#N)c1. The summed E-state index contributed by atoms with van der Waals surface area (Å²) in [4.78, 5) is 6.46. The minimum Gasteiger partial charge on any atom is -0.334 e. The molecule has 0 aliphatic heterocycles. The number of nitriles is 1. The van der Waals surface area contributed by atoms with Gasteiger partial charge in [-0.2, -0.15) is 5.26 Å². The lowest BCUT2D eigenvalue weighted by atomic mass is 10.1. The third-order valence-electron chi connectivity index (χ3n) is 3.15. The van der Waals surface area contributed by atoms with E-state index >= 15 is 0 Å². The van der Waals surface area contributed by atoms with Crippen molar-refractivity contribution in [3.63, 3.8) is 0 Å². The number of rotatable bonds is 5. The van der Waals surface area contributed by atoms with Crippen LogP contribution < -0.4 is 0 Å². The van der Waals surface area contributed by atoms with E-state index in [1.165, 1.54) is 5.56 Å². The quantitative estimate of drug-likeness (QED) is 0.821. The Bertz CT molecular complexity index is 580. The van der Waals surface area contributed by atoms with Crippen molar-refractivity contribution < 1.29 is 0 Å². The monoisotopic (exact) mass is 254 g/mol. The molecule has 1 aromatic heterocycles. The van der Waals surface area contributed by atoms with Crippen molar-refractivity contribution in [3.05, 3.63) is 53.6 Å². The maximum absolute atomic E-state index is 8.88. The molecule has 0 N–H and O–H groups in total. The molecule has 4 heteroatoms. The average molecular weight is 254 g/mol. The van der Waals surface area contributed by atoms with Crippen molar-refractivity contribution >= 4 is 0 Å². The Morgan fingerprint density at radius 2 is 2.26 bits per heavy atom. The number of likely N-dealkylation sites (N-methyl/N-ethyl adjacent to an activating group) is 1. The first-order valence-corrected chi connectivity index (χ1v) is 6.34. The van der Waals surface area contributed by atoms with Crippen LogP contribution in [0, 0.1) is 18.3 Å². The molecule has 1 heterocycles. The number of aromatic nitrogens is 2. The van der Waals surface area contributed by atoms with E-state index in [-0.39, 0.29) is 0 Å². The van der Waals surface area contributed by atoms with Gasteiger partial charge in [0.1, 0.15) is 5.82 Å². The van der Waals surface area contributed by atoms with Gasteiger partial charge in [-0.3, -0.25) is 0 Å². The lowest BCUT2D eigenvalue weighted by Crippen LogP contribution is -2.23. The highest BCUT2D eigenvalue weighted by Gasteiger charge is 2.03. The Morgan fingerprint density at radius 1 is 1.42 bits per heavy atom. The second-order valence-corrected chi connectivity index (χ2v) is 4.72. The second-order valence-electron chi connectivity index (χ2n) is 4.72. The molecule has 4 nitrogen and oxygen atoms in total. The largest absolute Gasteiger partial charge is 0.334 e. The highest BCUT2D eigenvalue weighted by atomic mass is 15.1. The van der Waals surface area contributed by atoms with Crippen molar-refractivity contribution in [2.45, 2.75) is 20.0 Å². The van der Waals surface area contributed by atoms with Crippen LogP contribution in [0.1, 0.15) is 17.0 Å². The fourth-order valence-electron chi connectivity index (χ4n) is 2.05. The molecular formula is C15H18N4. The number of benzene rings is 1. The first-order chi connectivity index (χ1) is 9.19. The lowest BCUT2D eigenvalue weighted by Gasteiger charge is -2.17. The summed E-state index contributed by atoms with van der Waals surface area (Å²) in [5.74, 6) is 1.04. The summed E-state index contributed by atoms with van der Waals surface area (Å²) in [6, 6.07) is 9.93. The van der Waals surface area contributed by atoms with Gasteiger partial charge >= 0.3 is 0 Å². The topological polar surface area (TPSA) is 44.9 Å². The molecule has 0 fully saturated rings. The van der Waals surface area contributed by atoms with E-state index in [2.05, 4.69) is 33.6 Å². The van der Waals surface area contributed by atoms with E-state index < -0.39 is 0 Å². The van der Waals surface area contributed by atoms with Crippen LogP contribution in [-0.4, -0.2) is 28.0 Å². The average Bonchev–Trinajstić information content (AvgIpc) is 2.82. The summed E-state index contributed by atoms with van der Waals surface area (Å²) in [7, 11) is 2.09. The Labute approximate surface area is 113 Å². The van der Waals surface area contributed by atoms with Crippen LogP contribution >= 0.6 is 0 Å². The maximum atomic E-state index is 8.88. The van der Waals surface area contributed by atoms with Crippen molar-refractivity contribution in [1.29, 1.82) is 5.26 Å². The zero-order chi connectivity index (χ0) is 13.7. The standard InChI is InChI=1S/C15H18N4/c1-13-17-6-7-19(13)9-8-18(2)12-15-5-3-4-14(10-15)11-16/h3-7,10H,8-9,12H2,1-2H3. The molecule has 0 spiro atoms. The van der Waals surface area contributed by atoms with Gasteiger partial charge in [-0.05, 0) is 31.7 Å². The predicted molar refractivity (Wildman–Crippen MR) is 74.5 cm³/mol. The van der Waals surface area contributed by atoms with Gasteiger partial charge in [0.25, 0.3) is 0 Å². The van der Waals surface area contributed by atoms with Gasteiger partial charge < -0.3 is 9.47 Å². The first-order valence-electron chi connectivity index (χ1n) is 6.34. The summed E-state index contributed by atoms with van der Waals surface area (Å²) in [5, 5.41) is 8.88. The first kappa shape index (κ1) is 13.3. The number of nitrogens with zero attached hydrogens (tertiary/aromatic N) is 4. The number of hydrogen-bond donors (Lipinski definition) is 0. The fraction of sp³-hybridized carbons (Fsp3) is 0.333. The predicted octanol–water partition coefficient (Wildman–Crippen LogP) is 2.20. The molecule has 19 heavy (non-hydrogen) atoms. The minimum absolute atomic E-state index is 0.719. The Hall–Kier alpha value is -2.12. The number of imidazole rings is 1. The molecule has 0 bridgehead atoms. The smallest absolute Gasteiger partial charge is 0.105 e. The molecule has 0 atom stereocenters. The van der Waals surface area contributed by atoms with Gasteiger partial charge in [-0.15, -0.1) is 0 Å². The Kier molecular flexibility index (Phi) is 4.32. The van der Waals surface area contributed by atoms with E-state index in [0.29, 0.717) is 0 Å². The van der Waals surface area contributed by atoms with Gasteiger partial charge in [-0.25, -0.2) is 4.98 Å². The van der Waals surface area contributed by atoms with Crippen LogP contribution in [-0.2, 0) is 13.1 Å². The summed E-state index contributed by atoms with van der Waals surface area (Å²) in [5.41, 5.74) is 1.89. The third-order valence-corrected chi connectivity index (χ3v) is 3.15. The van der Waals surface area contributed by atoms with Gasteiger partial charge in [0.15, 0.2) is 0 Å². The van der Waals surface area contributed by atoms with Crippen molar-refractivity contribution in [2.75, 3.05) is 13.6 Å². The van der Waals surface area contributed by atoms with Crippen LogP contribution in [0.4, 0.5) is 0 Å². The normalized spacial score (nSPS) is 10.6. The highest BCUT2D eigenvalue weighted by Crippen LogP contribution is 2.07. The highest BCUT2D eigenvalue weighted by molar-refractivity contribution is 5.32. The molecule has 0 radical (unpaired) electrons. The van der Waals surface area contributed by atoms with E-state index in [1.54, 1.807) is 0 Å².